The average Bonchev–Trinajstić information content (AvgIpc) is 2.68. The fourth-order valence-corrected chi connectivity index (χ4v) is 4.57. The molecule has 2 rings (SSSR count). The number of hydrogen-bond donors (Lipinski definition) is 1. The Morgan fingerprint density at radius 3 is 2.43 bits per heavy atom. The highest BCUT2D eigenvalue weighted by Crippen LogP contribution is 2.26. The zero-order chi connectivity index (χ0) is 22.3. The second kappa shape index (κ2) is 10.5. The molecule has 0 heterocycles. The van der Waals surface area contributed by atoms with Crippen molar-refractivity contribution in [2.75, 3.05) is 23.7 Å². The van der Waals surface area contributed by atoms with Crippen molar-refractivity contribution in [2.24, 2.45) is 0 Å². The highest BCUT2D eigenvalue weighted by Gasteiger charge is 2.31. The summed E-state index contributed by atoms with van der Waals surface area (Å²) in [6.45, 7) is 8.47. The summed E-state index contributed by atoms with van der Waals surface area (Å²) in [7, 11) is -3.64. The Bertz CT molecular complexity index is 957. The summed E-state index contributed by atoms with van der Waals surface area (Å²) in [5.41, 5.74) is 2.52. The topological polar surface area (TPSA) is 75.7 Å². The molecule has 164 valence electrons. The first-order valence-electron chi connectivity index (χ1n) is 10.2. The summed E-state index contributed by atoms with van der Waals surface area (Å²) in [5, 5.41) is 2.82. The second-order valence-electron chi connectivity index (χ2n) is 7.65. The van der Waals surface area contributed by atoms with Crippen LogP contribution in [0.15, 0.2) is 48.5 Å². The Morgan fingerprint density at radius 2 is 1.83 bits per heavy atom. The fourth-order valence-electron chi connectivity index (χ4n) is 3.37. The molecule has 0 aliphatic rings. The number of hydrogen-bond acceptors (Lipinski definition) is 4. The highest BCUT2D eigenvalue weighted by atomic mass is 32.2. The maximum absolute atomic E-state index is 12.8. The first-order valence-corrected chi connectivity index (χ1v) is 12.1. The largest absolute Gasteiger partial charge is 0.491 e. The van der Waals surface area contributed by atoms with Crippen molar-refractivity contribution in [3.8, 4) is 5.75 Å². The molecule has 0 saturated heterocycles. The summed E-state index contributed by atoms with van der Waals surface area (Å²) >= 11 is 0. The number of nitrogens with zero attached hydrogens (tertiary/aromatic N) is 1. The molecule has 30 heavy (non-hydrogen) atoms. The van der Waals surface area contributed by atoms with E-state index >= 15 is 0 Å². The van der Waals surface area contributed by atoms with Gasteiger partial charge in [-0.25, -0.2) is 8.42 Å². The number of rotatable bonds is 10. The molecule has 0 aliphatic carbocycles. The normalized spacial score (nSPS) is 12.5. The molecular weight excluding hydrogens is 400 g/mol. The Balaban J connectivity index is 2.06. The van der Waals surface area contributed by atoms with Gasteiger partial charge in [-0.15, -0.1) is 0 Å². The molecule has 0 aromatic heterocycles. The molecule has 0 fully saturated rings. The molecule has 7 heteroatoms. The van der Waals surface area contributed by atoms with Gasteiger partial charge in [0.05, 0.1) is 18.5 Å². The first kappa shape index (κ1) is 23.7. The number of aryl methyl sites for hydroxylation is 1. The first-order chi connectivity index (χ1) is 14.1. The third-order valence-electron chi connectivity index (χ3n) is 4.79. The van der Waals surface area contributed by atoms with Crippen molar-refractivity contribution in [2.45, 2.75) is 46.1 Å². The van der Waals surface area contributed by atoms with Crippen LogP contribution >= 0.6 is 0 Å². The Hall–Kier alpha value is -2.54. The number of amides is 1. The molecule has 0 bridgehead atoms. The molecule has 0 saturated carbocycles. The van der Waals surface area contributed by atoms with E-state index in [4.69, 9.17) is 4.74 Å². The van der Waals surface area contributed by atoms with Gasteiger partial charge < -0.3 is 10.1 Å². The molecule has 2 aromatic rings. The number of carbonyl (C=O) groups excluding carboxylic acids is 1. The van der Waals surface area contributed by atoms with Gasteiger partial charge in [-0.1, -0.05) is 51.1 Å². The molecule has 2 aromatic carbocycles. The molecule has 0 radical (unpaired) electrons. The van der Waals surface area contributed by atoms with Crippen LogP contribution in [0.4, 0.5) is 5.69 Å². The van der Waals surface area contributed by atoms with Crippen LogP contribution in [0.3, 0.4) is 0 Å². The molecule has 0 unspecified atom stereocenters. The van der Waals surface area contributed by atoms with E-state index in [1.807, 2.05) is 37.3 Å². The summed E-state index contributed by atoms with van der Waals surface area (Å²) in [6.07, 6.45) is 1.47. The van der Waals surface area contributed by atoms with Gasteiger partial charge in [-0.05, 0) is 48.6 Å². The number of benzene rings is 2. The van der Waals surface area contributed by atoms with Gasteiger partial charge in [0.1, 0.15) is 18.4 Å². The van der Waals surface area contributed by atoms with Crippen LogP contribution in [0.2, 0.25) is 0 Å². The van der Waals surface area contributed by atoms with Crippen molar-refractivity contribution in [3.63, 3.8) is 0 Å². The number of anilines is 1. The number of ether oxygens (including phenoxy) is 1. The second-order valence-corrected chi connectivity index (χ2v) is 9.51. The maximum atomic E-state index is 12.8. The standard InChI is InChI=1S/C23H32N2O4S/c1-6-21(25(30(5,27)28)19-11-9-10-18(4)16-19)23(26)24-14-15-29-22-13-8-7-12-20(22)17(2)3/h7-13,16-17,21H,6,14-15H2,1-5H3,(H,24,26)/t21-/m0/s1. The highest BCUT2D eigenvalue weighted by molar-refractivity contribution is 7.92. The maximum Gasteiger partial charge on any atom is 0.244 e. The minimum absolute atomic E-state index is 0.285. The van der Waals surface area contributed by atoms with Gasteiger partial charge in [0.25, 0.3) is 0 Å². The van der Waals surface area contributed by atoms with E-state index in [0.29, 0.717) is 24.6 Å². The van der Waals surface area contributed by atoms with Crippen LogP contribution in [0.1, 0.15) is 44.2 Å². The predicted octanol–water partition coefficient (Wildman–Crippen LogP) is 3.86. The third-order valence-corrected chi connectivity index (χ3v) is 5.97. The van der Waals surface area contributed by atoms with E-state index in [2.05, 4.69) is 19.2 Å². The Labute approximate surface area is 180 Å². The number of sulfonamides is 1. The molecule has 1 atom stereocenters. The molecule has 0 aliphatic heterocycles. The lowest BCUT2D eigenvalue weighted by molar-refractivity contribution is -0.122. The van der Waals surface area contributed by atoms with Gasteiger partial charge in [0.2, 0.25) is 15.9 Å². The van der Waals surface area contributed by atoms with Crippen LogP contribution < -0.4 is 14.4 Å². The van der Waals surface area contributed by atoms with E-state index in [1.165, 1.54) is 4.31 Å². The summed E-state index contributed by atoms with van der Waals surface area (Å²) < 4.78 is 32.0. The van der Waals surface area contributed by atoms with Crippen LogP contribution in [0, 0.1) is 6.92 Å². The molecule has 1 amide bonds. The Morgan fingerprint density at radius 1 is 1.13 bits per heavy atom. The van der Waals surface area contributed by atoms with Crippen molar-refractivity contribution < 1.29 is 17.9 Å². The van der Waals surface area contributed by atoms with Crippen LogP contribution in [0.25, 0.3) is 0 Å². The minimum atomic E-state index is -3.64. The lowest BCUT2D eigenvalue weighted by Crippen LogP contribution is -2.50. The van der Waals surface area contributed by atoms with Crippen LogP contribution in [0.5, 0.6) is 5.75 Å². The summed E-state index contributed by atoms with van der Waals surface area (Å²) in [4.78, 5) is 12.8. The number of para-hydroxylation sites is 1. The predicted molar refractivity (Wildman–Crippen MR) is 122 cm³/mol. The van der Waals surface area contributed by atoms with E-state index in [0.717, 1.165) is 23.1 Å². The fraction of sp³-hybridized carbons (Fsp3) is 0.435. The van der Waals surface area contributed by atoms with Crippen molar-refractivity contribution in [1.82, 2.24) is 5.32 Å². The lowest BCUT2D eigenvalue weighted by Gasteiger charge is -2.30. The van der Waals surface area contributed by atoms with Crippen molar-refractivity contribution in [1.29, 1.82) is 0 Å². The Kier molecular flexibility index (Phi) is 8.29. The van der Waals surface area contributed by atoms with Gasteiger partial charge in [0.15, 0.2) is 0 Å². The van der Waals surface area contributed by atoms with E-state index in [1.54, 1.807) is 25.1 Å². The van der Waals surface area contributed by atoms with Crippen molar-refractivity contribution in [3.05, 3.63) is 59.7 Å². The smallest absolute Gasteiger partial charge is 0.244 e. The number of nitrogens with one attached hydrogen (secondary N) is 1. The van der Waals surface area contributed by atoms with Crippen LogP contribution in [-0.4, -0.2) is 39.8 Å². The van der Waals surface area contributed by atoms with Gasteiger partial charge in [0, 0.05) is 0 Å². The van der Waals surface area contributed by atoms with Gasteiger partial charge >= 0.3 is 0 Å². The SMILES string of the molecule is CC[C@@H](C(=O)NCCOc1ccccc1C(C)C)N(c1cccc(C)c1)S(C)(=O)=O. The molecule has 0 spiro atoms. The van der Waals surface area contributed by atoms with E-state index in [9.17, 15) is 13.2 Å². The summed E-state index contributed by atoms with van der Waals surface area (Å²) in [6, 6.07) is 14.1. The number of carbonyl (C=O) groups is 1. The van der Waals surface area contributed by atoms with Gasteiger partial charge in [-0.3, -0.25) is 9.10 Å². The van der Waals surface area contributed by atoms with E-state index < -0.39 is 16.1 Å². The minimum Gasteiger partial charge on any atom is -0.491 e. The zero-order valence-electron chi connectivity index (χ0n) is 18.4. The average molecular weight is 433 g/mol. The molecule has 6 nitrogen and oxygen atoms in total. The monoisotopic (exact) mass is 432 g/mol. The van der Waals surface area contributed by atoms with Crippen molar-refractivity contribution >= 4 is 21.6 Å². The molecule has 1 N–H and O–H groups in total. The third kappa shape index (κ3) is 6.23. The van der Waals surface area contributed by atoms with Gasteiger partial charge in [-0.2, -0.15) is 0 Å². The lowest BCUT2D eigenvalue weighted by atomic mass is 10.0. The van der Waals surface area contributed by atoms with Crippen LogP contribution in [-0.2, 0) is 14.8 Å². The molecular formula is C23H32N2O4S. The summed E-state index contributed by atoms with van der Waals surface area (Å²) in [5.74, 6) is 0.786. The quantitative estimate of drug-likeness (QED) is 0.579. The van der Waals surface area contributed by atoms with E-state index in [-0.39, 0.29) is 12.5 Å². The zero-order valence-corrected chi connectivity index (χ0v) is 19.2.